The quantitative estimate of drug-likeness (QED) is 0.697. The van der Waals surface area contributed by atoms with Crippen LogP contribution in [0.3, 0.4) is 0 Å². The molecule has 3 rings (SSSR count). The number of amides is 1. The van der Waals surface area contributed by atoms with Gasteiger partial charge in [-0.3, -0.25) is 14.5 Å². The Morgan fingerprint density at radius 3 is 2.75 bits per heavy atom. The van der Waals surface area contributed by atoms with Gasteiger partial charge in [-0.05, 0) is 49.5 Å². The predicted molar refractivity (Wildman–Crippen MR) is 96.1 cm³/mol. The molecule has 1 heterocycles. The molecule has 1 amide bonds. The number of nitrogens with one attached hydrogen (secondary N) is 2. The van der Waals surface area contributed by atoms with Crippen molar-refractivity contribution in [2.45, 2.75) is 13.5 Å². The second kappa shape index (κ2) is 6.98. The SMILES string of the molecule is Cc1ccc(C(=O)NCc2n[nH]c(=S)n2-c2cccc(Cl)c2)cc1. The molecule has 0 saturated heterocycles. The molecular weight excluding hydrogens is 344 g/mol. The summed E-state index contributed by atoms with van der Waals surface area (Å²) in [4.78, 5) is 12.2. The normalized spacial score (nSPS) is 10.6. The summed E-state index contributed by atoms with van der Waals surface area (Å²) in [6.07, 6.45) is 0. The first-order valence-corrected chi connectivity index (χ1v) is 8.10. The highest BCUT2D eigenvalue weighted by Gasteiger charge is 2.11. The number of aryl methyl sites for hydroxylation is 1. The van der Waals surface area contributed by atoms with Crippen molar-refractivity contribution < 1.29 is 4.79 Å². The van der Waals surface area contributed by atoms with Crippen LogP contribution in [0.25, 0.3) is 5.69 Å². The summed E-state index contributed by atoms with van der Waals surface area (Å²) in [5.41, 5.74) is 2.50. The second-order valence-electron chi connectivity index (χ2n) is 5.31. The summed E-state index contributed by atoms with van der Waals surface area (Å²) >= 11 is 11.3. The Balaban J connectivity index is 1.80. The van der Waals surface area contributed by atoms with Crippen LogP contribution >= 0.6 is 23.8 Å². The van der Waals surface area contributed by atoms with Crippen molar-refractivity contribution in [3.63, 3.8) is 0 Å². The van der Waals surface area contributed by atoms with E-state index in [1.54, 1.807) is 28.8 Å². The molecule has 3 aromatic rings. The number of hydrogen-bond donors (Lipinski definition) is 2. The van der Waals surface area contributed by atoms with Gasteiger partial charge in [0.15, 0.2) is 10.6 Å². The number of halogens is 1. The molecule has 0 radical (unpaired) electrons. The monoisotopic (exact) mass is 358 g/mol. The summed E-state index contributed by atoms with van der Waals surface area (Å²) in [6.45, 7) is 2.22. The lowest BCUT2D eigenvalue weighted by molar-refractivity contribution is 0.0949. The highest BCUT2D eigenvalue weighted by Crippen LogP contribution is 2.16. The largest absolute Gasteiger partial charge is 0.345 e. The molecule has 122 valence electrons. The Labute approximate surface area is 149 Å². The standard InChI is InChI=1S/C17H15ClN4OS/c1-11-5-7-12(8-6-11)16(23)19-10-15-20-21-17(24)22(15)14-4-2-3-13(18)9-14/h2-9H,10H2,1H3,(H,19,23)(H,21,24). The van der Waals surface area contributed by atoms with Gasteiger partial charge in [0.05, 0.1) is 12.2 Å². The Bertz CT molecular complexity index is 930. The highest BCUT2D eigenvalue weighted by molar-refractivity contribution is 7.71. The summed E-state index contributed by atoms with van der Waals surface area (Å²) in [6, 6.07) is 14.7. The number of carbonyl (C=O) groups excluding carboxylic acids is 1. The minimum absolute atomic E-state index is 0.165. The zero-order valence-corrected chi connectivity index (χ0v) is 14.5. The molecular formula is C17H15ClN4OS. The zero-order chi connectivity index (χ0) is 17.1. The molecule has 7 heteroatoms. The van der Waals surface area contributed by atoms with Gasteiger partial charge in [-0.2, -0.15) is 5.10 Å². The first-order valence-electron chi connectivity index (χ1n) is 7.32. The van der Waals surface area contributed by atoms with Crippen LogP contribution in [0.4, 0.5) is 0 Å². The van der Waals surface area contributed by atoms with Crippen LogP contribution in [0.15, 0.2) is 48.5 Å². The lowest BCUT2D eigenvalue weighted by Crippen LogP contribution is -2.24. The van der Waals surface area contributed by atoms with Crippen LogP contribution in [-0.4, -0.2) is 20.7 Å². The van der Waals surface area contributed by atoms with Crippen LogP contribution in [0.1, 0.15) is 21.7 Å². The number of carbonyl (C=O) groups is 1. The molecule has 0 saturated carbocycles. The van der Waals surface area contributed by atoms with Gasteiger partial charge < -0.3 is 5.32 Å². The van der Waals surface area contributed by atoms with Gasteiger partial charge >= 0.3 is 0 Å². The third kappa shape index (κ3) is 3.55. The van der Waals surface area contributed by atoms with Crippen molar-refractivity contribution in [2.24, 2.45) is 0 Å². The fraction of sp³-hybridized carbons (Fsp3) is 0.118. The average molecular weight is 359 g/mol. The minimum atomic E-state index is -0.165. The fourth-order valence-electron chi connectivity index (χ4n) is 2.30. The molecule has 0 aliphatic rings. The Hall–Kier alpha value is -2.44. The highest BCUT2D eigenvalue weighted by atomic mass is 35.5. The van der Waals surface area contributed by atoms with Crippen molar-refractivity contribution in [2.75, 3.05) is 0 Å². The van der Waals surface area contributed by atoms with E-state index in [9.17, 15) is 4.79 Å². The Kier molecular flexibility index (Phi) is 4.78. The van der Waals surface area contributed by atoms with Crippen molar-refractivity contribution in [3.8, 4) is 5.69 Å². The number of nitrogens with zero attached hydrogens (tertiary/aromatic N) is 2. The third-order valence-electron chi connectivity index (χ3n) is 3.53. The number of aromatic amines is 1. The summed E-state index contributed by atoms with van der Waals surface area (Å²) < 4.78 is 2.19. The molecule has 0 aliphatic carbocycles. The van der Waals surface area contributed by atoms with Gasteiger partial charge in [-0.15, -0.1) is 0 Å². The summed E-state index contributed by atoms with van der Waals surface area (Å²) in [5.74, 6) is 0.435. The van der Waals surface area contributed by atoms with E-state index in [0.29, 0.717) is 21.2 Å². The molecule has 0 spiro atoms. The molecule has 0 atom stereocenters. The second-order valence-corrected chi connectivity index (χ2v) is 6.13. The minimum Gasteiger partial charge on any atom is -0.345 e. The van der Waals surface area contributed by atoms with E-state index in [1.165, 1.54) is 0 Å². The van der Waals surface area contributed by atoms with E-state index in [2.05, 4.69) is 15.5 Å². The molecule has 2 aromatic carbocycles. The summed E-state index contributed by atoms with van der Waals surface area (Å²) in [5, 5.41) is 10.4. The molecule has 5 nitrogen and oxygen atoms in total. The van der Waals surface area contributed by atoms with E-state index >= 15 is 0 Å². The van der Waals surface area contributed by atoms with E-state index in [4.69, 9.17) is 23.8 Å². The van der Waals surface area contributed by atoms with E-state index in [0.717, 1.165) is 11.3 Å². The molecule has 1 aromatic heterocycles. The smallest absolute Gasteiger partial charge is 0.251 e. The molecule has 24 heavy (non-hydrogen) atoms. The first kappa shape index (κ1) is 16.4. The van der Waals surface area contributed by atoms with Crippen LogP contribution in [0, 0.1) is 11.7 Å². The number of aromatic nitrogens is 3. The molecule has 0 unspecified atom stereocenters. The van der Waals surface area contributed by atoms with Crippen molar-refractivity contribution in [3.05, 3.63) is 75.3 Å². The predicted octanol–water partition coefficient (Wildman–Crippen LogP) is 3.82. The van der Waals surface area contributed by atoms with Gasteiger partial charge in [-0.25, -0.2) is 0 Å². The van der Waals surface area contributed by atoms with Crippen molar-refractivity contribution >= 4 is 29.7 Å². The zero-order valence-electron chi connectivity index (χ0n) is 12.9. The number of benzene rings is 2. The first-order chi connectivity index (χ1) is 11.5. The fourth-order valence-corrected chi connectivity index (χ4v) is 2.74. The maximum atomic E-state index is 12.2. The maximum absolute atomic E-state index is 12.2. The van der Waals surface area contributed by atoms with Gasteiger partial charge in [0.1, 0.15) is 0 Å². The van der Waals surface area contributed by atoms with Gasteiger partial charge in [0.2, 0.25) is 0 Å². The lowest BCUT2D eigenvalue weighted by atomic mass is 10.1. The molecule has 0 aliphatic heterocycles. The van der Waals surface area contributed by atoms with Crippen LogP contribution in [0.5, 0.6) is 0 Å². The maximum Gasteiger partial charge on any atom is 0.251 e. The lowest BCUT2D eigenvalue weighted by Gasteiger charge is -2.09. The molecule has 0 fully saturated rings. The van der Waals surface area contributed by atoms with Crippen molar-refractivity contribution in [1.29, 1.82) is 0 Å². The van der Waals surface area contributed by atoms with E-state index in [-0.39, 0.29) is 12.5 Å². The average Bonchev–Trinajstić information content (AvgIpc) is 2.94. The van der Waals surface area contributed by atoms with Crippen LogP contribution in [0.2, 0.25) is 5.02 Å². The van der Waals surface area contributed by atoms with Crippen LogP contribution in [-0.2, 0) is 6.54 Å². The summed E-state index contributed by atoms with van der Waals surface area (Å²) in [7, 11) is 0. The van der Waals surface area contributed by atoms with Gasteiger partial charge in [0.25, 0.3) is 5.91 Å². The number of rotatable bonds is 4. The third-order valence-corrected chi connectivity index (χ3v) is 4.04. The van der Waals surface area contributed by atoms with E-state index in [1.807, 2.05) is 31.2 Å². The van der Waals surface area contributed by atoms with Crippen molar-refractivity contribution in [1.82, 2.24) is 20.1 Å². The number of H-pyrrole nitrogens is 1. The van der Waals surface area contributed by atoms with Gasteiger partial charge in [0, 0.05) is 10.6 Å². The van der Waals surface area contributed by atoms with Gasteiger partial charge in [-0.1, -0.05) is 35.4 Å². The molecule has 2 N–H and O–H groups in total. The topological polar surface area (TPSA) is 62.7 Å². The van der Waals surface area contributed by atoms with Crippen LogP contribution < -0.4 is 5.32 Å². The number of hydrogen-bond acceptors (Lipinski definition) is 3. The molecule has 0 bridgehead atoms. The van der Waals surface area contributed by atoms with E-state index < -0.39 is 0 Å². The Morgan fingerprint density at radius 2 is 2.04 bits per heavy atom. The Morgan fingerprint density at radius 1 is 1.29 bits per heavy atom.